The summed E-state index contributed by atoms with van der Waals surface area (Å²) < 4.78 is 0. The first kappa shape index (κ1) is 16.8. The highest BCUT2D eigenvalue weighted by Gasteiger charge is 2.29. The summed E-state index contributed by atoms with van der Waals surface area (Å²) in [6.45, 7) is 1.26. The SMILES string of the molecule is O=C(c1ccccc1NCc1ccccc1Cl)N1CCCC1CO. The molecule has 0 aromatic heterocycles. The van der Waals surface area contributed by atoms with Crippen LogP contribution in [-0.4, -0.2) is 35.1 Å². The quantitative estimate of drug-likeness (QED) is 0.872. The Hall–Kier alpha value is -2.04. The van der Waals surface area contributed by atoms with Gasteiger partial charge in [-0.1, -0.05) is 41.9 Å². The number of aliphatic hydroxyl groups is 1. The van der Waals surface area contributed by atoms with Gasteiger partial charge < -0.3 is 15.3 Å². The second-order valence-electron chi connectivity index (χ2n) is 5.97. The Bertz CT molecular complexity index is 720. The molecule has 1 unspecified atom stereocenters. The molecule has 1 aliphatic rings. The third kappa shape index (κ3) is 3.55. The largest absolute Gasteiger partial charge is 0.394 e. The number of aliphatic hydroxyl groups excluding tert-OH is 1. The zero-order valence-corrected chi connectivity index (χ0v) is 14.2. The Morgan fingerprint density at radius 2 is 1.96 bits per heavy atom. The summed E-state index contributed by atoms with van der Waals surface area (Å²) in [5, 5.41) is 13.5. The molecule has 0 aliphatic carbocycles. The van der Waals surface area contributed by atoms with E-state index in [0.29, 0.717) is 23.7 Å². The number of carbonyl (C=O) groups is 1. The van der Waals surface area contributed by atoms with Gasteiger partial charge in [0.1, 0.15) is 0 Å². The number of likely N-dealkylation sites (tertiary alicyclic amines) is 1. The first-order valence-corrected chi connectivity index (χ1v) is 8.56. The molecule has 1 heterocycles. The van der Waals surface area contributed by atoms with Crippen LogP contribution in [0.2, 0.25) is 5.02 Å². The summed E-state index contributed by atoms with van der Waals surface area (Å²) >= 11 is 6.19. The van der Waals surface area contributed by atoms with Crippen LogP contribution in [-0.2, 0) is 6.54 Å². The van der Waals surface area contributed by atoms with Gasteiger partial charge >= 0.3 is 0 Å². The monoisotopic (exact) mass is 344 g/mol. The molecule has 1 amide bonds. The summed E-state index contributed by atoms with van der Waals surface area (Å²) in [6.07, 6.45) is 1.80. The number of hydrogen-bond acceptors (Lipinski definition) is 3. The van der Waals surface area contributed by atoms with Crippen molar-refractivity contribution in [3.8, 4) is 0 Å². The molecule has 0 bridgehead atoms. The number of para-hydroxylation sites is 1. The van der Waals surface area contributed by atoms with Crippen molar-refractivity contribution in [3.05, 3.63) is 64.7 Å². The second-order valence-corrected chi connectivity index (χ2v) is 6.37. The highest BCUT2D eigenvalue weighted by atomic mass is 35.5. The Kier molecular flexibility index (Phi) is 5.38. The van der Waals surface area contributed by atoms with Crippen LogP contribution in [0.15, 0.2) is 48.5 Å². The Morgan fingerprint density at radius 1 is 1.21 bits per heavy atom. The molecule has 2 N–H and O–H groups in total. The molecular formula is C19H21ClN2O2. The molecule has 2 aromatic carbocycles. The van der Waals surface area contributed by atoms with Crippen LogP contribution in [0.1, 0.15) is 28.8 Å². The number of nitrogens with one attached hydrogen (secondary N) is 1. The number of carbonyl (C=O) groups excluding carboxylic acids is 1. The lowest BCUT2D eigenvalue weighted by Gasteiger charge is -2.24. The van der Waals surface area contributed by atoms with Crippen LogP contribution < -0.4 is 5.32 Å². The van der Waals surface area contributed by atoms with Crippen molar-refractivity contribution in [1.29, 1.82) is 0 Å². The van der Waals surface area contributed by atoms with Gasteiger partial charge in [-0.15, -0.1) is 0 Å². The molecule has 0 spiro atoms. The molecule has 2 aromatic rings. The lowest BCUT2D eigenvalue weighted by molar-refractivity contribution is 0.0678. The van der Waals surface area contributed by atoms with Crippen molar-refractivity contribution in [2.24, 2.45) is 0 Å². The van der Waals surface area contributed by atoms with E-state index in [9.17, 15) is 9.90 Å². The number of hydrogen-bond donors (Lipinski definition) is 2. The molecule has 24 heavy (non-hydrogen) atoms. The van der Waals surface area contributed by atoms with Gasteiger partial charge in [0.25, 0.3) is 5.91 Å². The minimum absolute atomic E-state index is 0.0148. The van der Waals surface area contributed by atoms with Crippen molar-refractivity contribution >= 4 is 23.2 Å². The zero-order chi connectivity index (χ0) is 16.9. The van der Waals surface area contributed by atoms with Gasteiger partial charge in [-0.05, 0) is 36.6 Å². The number of rotatable bonds is 5. The van der Waals surface area contributed by atoms with Crippen molar-refractivity contribution in [2.75, 3.05) is 18.5 Å². The van der Waals surface area contributed by atoms with E-state index in [1.165, 1.54) is 0 Å². The first-order valence-electron chi connectivity index (χ1n) is 8.19. The molecule has 1 saturated heterocycles. The minimum atomic E-state index is -0.0749. The number of anilines is 1. The maximum absolute atomic E-state index is 12.9. The molecule has 3 rings (SSSR count). The first-order chi connectivity index (χ1) is 11.7. The van der Waals surface area contributed by atoms with Crippen LogP contribution in [0, 0.1) is 0 Å². The average molecular weight is 345 g/mol. The topological polar surface area (TPSA) is 52.6 Å². The van der Waals surface area contributed by atoms with Gasteiger partial charge in [-0.25, -0.2) is 0 Å². The van der Waals surface area contributed by atoms with E-state index in [2.05, 4.69) is 5.32 Å². The summed E-state index contributed by atoms with van der Waals surface area (Å²) in [7, 11) is 0. The third-order valence-electron chi connectivity index (χ3n) is 4.43. The fraction of sp³-hybridized carbons (Fsp3) is 0.316. The molecule has 4 nitrogen and oxygen atoms in total. The average Bonchev–Trinajstić information content (AvgIpc) is 3.09. The van der Waals surface area contributed by atoms with E-state index < -0.39 is 0 Å². The molecule has 1 atom stereocenters. The van der Waals surface area contributed by atoms with Gasteiger partial charge in [0.2, 0.25) is 0 Å². The summed E-state index contributed by atoms with van der Waals surface area (Å²) in [4.78, 5) is 14.6. The van der Waals surface area contributed by atoms with Crippen LogP contribution in [0.4, 0.5) is 5.69 Å². The van der Waals surface area contributed by atoms with E-state index in [-0.39, 0.29) is 18.6 Å². The number of halogens is 1. The van der Waals surface area contributed by atoms with Gasteiger partial charge in [0.05, 0.1) is 18.2 Å². The maximum atomic E-state index is 12.9. The number of nitrogens with zero attached hydrogens (tertiary/aromatic N) is 1. The van der Waals surface area contributed by atoms with Crippen LogP contribution in [0.3, 0.4) is 0 Å². The van der Waals surface area contributed by atoms with Gasteiger partial charge in [-0.2, -0.15) is 0 Å². The van der Waals surface area contributed by atoms with E-state index in [4.69, 9.17) is 11.6 Å². The highest BCUT2D eigenvalue weighted by molar-refractivity contribution is 6.31. The summed E-state index contributed by atoms with van der Waals surface area (Å²) in [5.41, 5.74) is 2.40. The molecule has 0 saturated carbocycles. The third-order valence-corrected chi connectivity index (χ3v) is 4.80. The molecule has 0 radical (unpaired) electrons. The minimum Gasteiger partial charge on any atom is -0.394 e. The fourth-order valence-electron chi connectivity index (χ4n) is 3.10. The van der Waals surface area contributed by atoms with Gasteiger partial charge in [-0.3, -0.25) is 4.79 Å². The lowest BCUT2D eigenvalue weighted by atomic mass is 10.1. The normalized spacial score (nSPS) is 17.1. The van der Waals surface area contributed by atoms with Crippen molar-refractivity contribution in [3.63, 3.8) is 0 Å². The predicted molar refractivity (Wildman–Crippen MR) is 96.4 cm³/mol. The van der Waals surface area contributed by atoms with E-state index >= 15 is 0 Å². The lowest BCUT2D eigenvalue weighted by Crippen LogP contribution is -2.37. The van der Waals surface area contributed by atoms with Crippen molar-refractivity contribution in [1.82, 2.24) is 4.90 Å². The zero-order valence-electron chi connectivity index (χ0n) is 13.4. The van der Waals surface area contributed by atoms with Crippen molar-refractivity contribution in [2.45, 2.75) is 25.4 Å². The molecule has 1 aliphatic heterocycles. The summed E-state index contributed by atoms with van der Waals surface area (Å²) in [6, 6.07) is 15.1. The van der Waals surface area contributed by atoms with E-state index in [1.807, 2.05) is 48.5 Å². The molecule has 5 heteroatoms. The maximum Gasteiger partial charge on any atom is 0.256 e. The van der Waals surface area contributed by atoms with Gasteiger partial charge in [0, 0.05) is 23.8 Å². The Morgan fingerprint density at radius 3 is 2.75 bits per heavy atom. The van der Waals surface area contributed by atoms with Crippen molar-refractivity contribution < 1.29 is 9.90 Å². The Balaban J connectivity index is 1.78. The second kappa shape index (κ2) is 7.69. The fourth-order valence-corrected chi connectivity index (χ4v) is 3.31. The van der Waals surface area contributed by atoms with Crippen LogP contribution in [0.5, 0.6) is 0 Å². The Labute approximate surface area is 147 Å². The standard InChI is InChI=1S/C19H21ClN2O2/c20-17-9-3-1-6-14(17)12-21-18-10-4-2-8-16(18)19(24)22-11-5-7-15(22)13-23/h1-4,6,8-10,15,21,23H,5,7,11-13H2. The molecule has 126 valence electrons. The number of amides is 1. The predicted octanol–water partition coefficient (Wildman–Crippen LogP) is 3.55. The molecular weight excluding hydrogens is 324 g/mol. The van der Waals surface area contributed by atoms with Crippen LogP contribution in [0.25, 0.3) is 0 Å². The smallest absolute Gasteiger partial charge is 0.256 e. The van der Waals surface area contributed by atoms with E-state index in [1.54, 1.807) is 4.90 Å². The number of benzene rings is 2. The van der Waals surface area contributed by atoms with Gasteiger partial charge in [0.15, 0.2) is 0 Å². The summed E-state index contributed by atoms with van der Waals surface area (Å²) in [5.74, 6) is -0.0335. The highest BCUT2D eigenvalue weighted by Crippen LogP contribution is 2.25. The van der Waals surface area contributed by atoms with E-state index in [0.717, 1.165) is 24.1 Å². The van der Waals surface area contributed by atoms with Crippen LogP contribution >= 0.6 is 11.6 Å². The molecule has 1 fully saturated rings.